The molecule has 1 aromatic carbocycles. The zero-order valence-corrected chi connectivity index (χ0v) is 8.80. The van der Waals surface area contributed by atoms with Gasteiger partial charge >= 0.3 is 0 Å². The lowest BCUT2D eigenvalue weighted by molar-refractivity contribution is 0.603. The monoisotopic (exact) mass is 208 g/mol. The summed E-state index contributed by atoms with van der Waals surface area (Å²) in [5.41, 5.74) is 6.57. The maximum atomic E-state index is 13.1. The van der Waals surface area contributed by atoms with Gasteiger partial charge in [0, 0.05) is 6.54 Å². The zero-order chi connectivity index (χ0) is 10.7. The molecule has 0 radical (unpaired) electrons. The third-order valence-corrected chi connectivity index (χ3v) is 2.82. The van der Waals surface area contributed by atoms with E-state index in [1.807, 2.05) is 6.07 Å². The molecule has 1 aromatic rings. The van der Waals surface area contributed by atoms with Crippen LogP contribution in [-0.2, 0) is 6.54 Å². The number of hydrogen-bond donors (Lipinski definition) is 2. The number of nitrogens with two attached hydrogens (primary N) is 1. The van der Waals surface area contributed by atoms with E-state index in [1.165, 1.54) is 25.3 Å². The van der Waals surface area contributed by atoms with Crippen molar-refractivity contribution in [1.82, 2.24) is 5.32 Å². The molecule has 0 bridgehead atoms. The van der Waals surface area contributed by atoms with Crippen LogP contribution >= 0.6 is 0 Å². The number of rotatable bonds is 5. The molecule has 82 valence electrons. The predicted molar refractivity (Wildman–Crippen MR) is 59.9 cm³/mol. The molecule has 1 aliphatic carbocycles. The molecule has 3 heteroatoms. The molecule has 1 aliphatic rings. The second kappa shape index (κ2) is 4.62. The van der Waals surface area contributed by atoms with E-state index in [0.29, 0.717) is 0 Å². The van der Waals surface area contributed by atoms with Gasteiger partial charge in [-0.05, 0) is 36.6 Å². The summed E-state index contributed by atoms with van der Waals surface area (Å²) in [6.45, 7) is 1.75. The highest BCUT2D eigenvalue weighted by atomic mass is 19.1. The van der Waals surface area contributed by atoms with Crippen molar-refractivity contribution in [3.8, 4) is 0 Å². The number of nitrogen functional groups attached to an aromatic ring is 1. The van der Waals surface area contributed by atoms with Gasteiger partial charge in [-0.2, -0.15) is 0 Å². The number of anilines is 1. The summed E-state index contributed by atoms with van der Waals surface area (Å²) in [6, 6.07) is 4.98. The van der Waals surface area contributed by atoms with Crippen molar-refractivity contribution < 1.29 is 4.39 Å². The van der Waals surface area contributed by atoms with E-state index < -0.39 is 0 Å². The number of halogens is 1. The van der Waals surface area contributed by atoms with E-state index in [9.17, 15) is 4.39 Å². The maximum absolute atomic E-state index is 13.1. The standard InChI is InChI=1S/C12H17FN2/c13-11-7-10(3-4-12(11)14)8-15-6-5-9-1-2-9/h3-4,7,9,15H,1-2,5-6,8,14H2. The number of hydrogen-bond acceptors (Lipinski definition) is 2. The summed E-state index contributed by atoms with van der Waals surface area (Å²) >= 11 is 0. The summed E-state index contributed by atoms with van der Waals surface area (Å²) in [5.74, 6) is 0.622. The van der Waals surface area contributed by atoms with Crippen LogP contribution in [-0.4, -0.2) is 6.54 Å². The van der Waals surface area contributed by atoms with Crippen LogP contribution in [0.5, 0.6) is 0 Å². The fourth-order valence-electron chi connectivity index (χ4n) is 1.63. The van der Waals surface area contributed by atoms with Crippen LogP contribution in [0.15, 0.2) is 18.2 Å². The third-order valence-electron chi connectivity index (χ3n) is 2.82. The summed E-state index contributed by atoms with van der Waals surface area (Å²) in [6.07, 6.45) is 4.02. The lowest BCUT2D eigenvalue weighted by atomic mass is 10.2. The topological polar surface area (TPSA) is 38.0 Å². The van der Waals surface area contributed by atoms with Gasteiger partial charge in [0.1, 0.15) is 5.82 Å². The van der Waals surface area contributed by atoms with Crippen LogP contribution in [0.2, 0.25) is 0 Å². The number of nitrogens with one attached hydrogen (secondary N) is 1. The van der Waals surface area contributed by atoms with E-state index in [1.54, 1.807) is 6.07 Å². The Morgan fingerprint density at radius 1 is 1.40 bits per heavy atom. The Morgan fingerprint density at radius 2 is 2.20 bits per heavy atom. The summed E-state index contributed by atoms with van der Waals surface area (Å²) in [7, 11) is 0. The molecule has 1 saturated carbocycles. The fourth-order valence-corrected chi connectivity index (χ4v) is 1.63. The summed E-state index contributed by atoms with van der Waals surface area (Å²) < 4.78 is 13.1. The van der Waals surface area contributed by atoms with Crippen molar-refractivity contribution in [1.29, 1.82) is 0 Å². The van der Waals surface area contributed by atoms with Gasteiger partial charge in [-0.1, -0.05) is 18.9 Å². The van der Waals surface area contributed by atoms with E-state index in [-0.39, 0.29) is 11.5 Å². The van der Waals surface area contributed by atoms with Gasteiger partial charge in [-0.15, -0.1) is 0 Å². The normalized spacial score (nSPS) is 15.5. The van der Waals surface area contributed by atoms with Crippen molar-refractivity contribution in [2.45, 2.75) is 25.8 Å². The molecule has 15 heavy (non-hydrogen) atoms. The summed E-state index contributed by atoms with van der Waals surface area (Å²) in [5, 5.41) is 3.31. The Morgan fingerprint density at radius 3 is 2.87 bits per heavy atom. The Labute approximate surface area is 89.7 Å². The van der Waals surface area contributed by atoms with Crippen LogP contribution in [0.4, 0.5) is 10.1 Å². The molecular weight excluding hydrogens is 191 g/mol. The van der Waals surface area contributed by atoms with Crippen molar-refractivity contribution >= 4 is 5.69 Å². The van der Waals surface area contributed by atoms with Crippen LogP contribution in [0.1, 0.15) is 24.8 Å². The quantitative estimate of drug-likeness (QED) is 0.575. The van der Waals surface area contributed by atoms with E-state index in [4.69, 9.17) is 5.73 Å². The SMILES string of the molecule is Nc1ccc(CNCCC2CC2)cc1F. The Bertz CT molecular complexity index is 334. The first kappa shape index (κ1) is 10.4. The van der Waals surface area contributed by atoms with Crippen molar-refractivity contribution in [2.24, 2.45) is 5.92 Å². The van der Waals surface area contributed by atoms with Crippen LogP contribution in [0.25, 0.3) is 0 Å². The highest BCUT2D eigenvalue weighted by Crippen LogP contribution is 2.31. The van der Waals surface area contributed by atoms with Crippen molar-refractivity contribution in [3.05, 3.63) is 29.6 Å². The van der Waals surface area contributed by atoms with Crippen molar-refractivity contribution in [2.75, 3.05) is 12.3 Å². The second-order valence-corrected chi connectivity index (χ2v) is 4.26. The van der Waals surface area contributed by atoms with Gasteiger partial charge in [0.2, 0.25) is 0 Å². The van der Waals surface area contributed by atoms with Crippen LogP contribution < -0.4 is 11.1 Å². The largest absolute Gasteiger partial charge is 0.396 e. The minimum absolute atomic E-state index is 0.219. The van der Waals surface area contributed by atoms with E-state index >= 15 is 0 Å². The van der Waals surface area contributed by atoms with Gasteiger partial charge in [0.15, 0.2) is 0 Å². The average Bonchev–Trinajstić information content (AvgIpc) is 3.02. The molecule has 0 unspecified atom stereocenters. The molecule has 0 amide bonds. The maximum Gasteiger partial charge on any atom is 0.146 e. The van der Waals surface area contributed by atoms with Crippen LogP contribution in [0, 0.1) is 11.7 Å². The van der Waals surface area contributed by atoms with Gasteiger partial charge in [0.05, 0.1) is 5.69 Å². The lowest BCUT2D eigenvalue weighted by Gasteiger charge is -2.05. The minimum Gasteiger partial charge on any atom is -0.396 e. The molecule has 2 nitrogen and oxygen atoms in total. The van der Waals surface area contributed by atoms with Gasteiger partial charge in [-0.25, -0.2) is 4.39 Å². The van der Waals surface area contributed by atoms with Gasteiger partial charge < -0.3 is 11.1 Å². The molecule has 0 spiro atoms. The molecule has 1 fully saturated rings. The zero-order valence-electron chi connectivity index (χ0n) is 8.80. The lowest BCUT2D eigenvalue weighted by Crippen LogP contribution is -2.15. The second-order valence-electron chi connectivity index (χ2n) is 4.26. The molecule has 0 aliphatic heterocycles. The fraction of sp³-hybridized carbons (Fsp3) is 0.500. The van der Waals surface area contributed by atoms with Gasteiger partial charge in [-0.3, -0.25) is 0 Å². The smallest absolute Gasteiger partial charge is 0.146 e. The highest BCUT2D eigenvalue weighted by Gasteiger charge is 2.19. The Hall–Kier alpha value is -1.09. The van der Waals surface area contributed by atoms with Crippen molar-refractivity contribution in [3.63, 3.8) is 0 Å². The average molecular weight is 208 g/mol. The molecule has 2 rings (SSSR count). The van der Waals surface area contributed by atoms with Gasteiger partial charge in [0.25, 0.3) is 0 Å². The van der Waals surface area contributed by atoms with E-state index in [0.717, 1.165) is 24.6 Å². The molecule has 0 atom stereocenters. The Kier molecular flexibility index (Phi) is 3.21. The molecular formula is C12H17FN2. The molecule has 0 aromatic heterocycles. The predicted octanol–water partition coefficient (Wildman–Crippen LogP) is 2.30. The minimum atomic E-state index is -0.323. The molecule has 0 heterocycles. The first-order valence-corrected chi connectivity index (χ1v) is 5.50. The highest BCUT2D eigenvalue weighted by molar-refractivity contribution is 5.41. The summed E-state index contributed by atoms with van der Waals surface area (Å²) in [4.78, 5) is 0. The van der Waals surface area contributed by atoms with Crippen LogP contribution in [0.3, 0.4) is 0 Å². The Balaban J connectivity index is 1.74. The molecule has 0 saturated heterocycles. The third kappa shape index (κ3) is 3.20. The number of benzene rings is 1. The first-order valence-electron chi connectivity index (χ1n) is 5.50. The first-order chi connectivity index (χ1) is 7.25. The van der Waals surface area contributed by atoms with E-state index in [2.05, 4.69) is 5.32 Å². The molecule has 3 N–H and O–H groups in total.